The van der Waals surface area contributed by atoms with Crippen LogP contribution in [0.15, 0.2) is 0 Å². The lowest BCUT2D eigenvalue weighted by atomic mass is 10.2. The molecule has 110 valence electrons. The Hall–Kier alpha value is -1.22. The molecule has 18 heavy (non-hydrogen) atoms. The van der Waals surface area contributed by atoms with Crippen LogP contribution in [0.5, 0.6) is 0 Å². The predicted molar refractivity (Wildman–Crippen MR) is 64.6 cm³/mol. The van der Waals surface area contributed by atoms with Crippen molar-refractivity contribution in [1.29, 1.82) is 0 Å². The fourth-order valence-electron chi connectivity index (χ4n) is 1.00. The van der Waals surface area contributed by atoms with E-state index in [1.807, 2.05) is 0 Å². The van der Waals surface area contributed by atoms with E-state index in [0.717, 1.165) is 0 Å². The summed E-state index contributed by atoms with van der Waals surface area (Å²) in [6, 6.07) is 0. The number of aliphatic hydroxyl groups is 2. The Labute approximate surface area is 106 Å². The highest BCUT2D eigenvalue weighted by atomic mass is 16.5. The number of aliphatic hydroxyl groups excluding tert-OH is 2. The number of unbranched alkanes of at least 4 members (excludes halogenated alkanes) is 1. The molecule has 0 aromatic heterocycles. The highest BCUT2D eigenvalue weighted by Gasteiger charge is 2.05. The van der Waals surface area contributed by atoms with Gasteiger partial charge in [0.05, 0.1) is 13.2 Å². The maximum Gasteiger partial charge on any atom is 0.305 e. The van der Waals surface area contributed by atoms with Crippen molar-refractivity contribution >= 4 is 11.9 Å². The monoisotopic (exact) mass is 268 g/mol. The van der Waals surface area contributed by atoms with Crippen molar-refractivity contribution in [3.05, 3.63) is 0 Å². The van der Waals surface area contributed by atoms with Crippen LogP contribution in [0.25, 0.3) is 0 Å². The van der Waals surface area contributed by atoms with Gasteiger partial charge in [-0.2, -0.15) is 0 Å². The highest BCUT2D eigenvalue weighted by molar-refractivity contribution is 5.70. The average molecular weight is 268 g/mol. The molecule has 0 rings (SSSR count). The largest absolute Gasteiger partial charge is 0.463 e. The lowest BCUT2D eigenvalue weighted by Crippen LogP contribution is -2.10. The molecule has 8 N–H and O–H groups in total. The summed E-state index contributed by atoms with van der Waals surface area (Å²) < 4.78 is 9.25. The maximum atomic E-state index is 10.9. The van der Waals surface area contributed by atoms with Gasteiger partial charge < -0.3 is 32.0 Å². The molecule has 0 aliphatic heterocycles. The molecule has 0 aliphatic carbocycles. The fraction of sp³-hybridized carbons (Fsp3) is 0.800. The second kappa shape index (κ2) is 15.8. The molecule has 0 fully saturated rings. The predicted octanol–water partition coefficient (Wildman–Crippen LogP) is -0.0582. The van der Waals surface area contributed by atoms with Gasteiger partial charge in [-0.05, 0) is 12.8 Å². The average Bonchev–Trinajstić information content (AvgIpc) is 2.29. The van der Waals surface area contributed by atoms with Crippen LogP contribution in [0.3, 0.4) is 0 Å². The van der Waals surface area contributed by atoms with Gasteiger partial charge in [-0.1, -0.05) is 0 Å². The summed E-state index contributed by atoms with van der Waals surface area (Å²) in [6.45, 7) is -0.340. The molecule has 0 aromatic rings. The van der Waals surface area contributed by atoms with E-state index >= 15 is 0 Å². The molecular weight excluding hydrogens is 244 g/mol. The Morgan fingerprint density at radius 3 is 1.39 bits per heavy atom. The van der Waals surface area contributed by atoms with E-state index in [0.29, 0.717) is 12.8 Å². The highest BCUT2D eigenvalue weighted by Crippen LogP contribution is 2.02. The first-order valence-corrected chi connectivity index (χ1v) is 5.23. The van der Waals surface area contributed by atoms with E-state index in [4.69, 9.17) is 10.2 Å². The van der Waals surface area contributed by atoms with Gasteiger partial charge in [0.15, 0.2) is 0 Å². The molecule has 0 aromatic carbocycles. The molecular formula is C10H24N2O6. The second-order valence-corrected chi connectivity index (χ2v) is 3.10. The summed E-state index contributed by atoms with van der Waals surface area (Å²) in [6.07, 6.45) is 1.54. The fourth-order valence-corrected chi connectivity index (χ4v) is 1.00. The number of carbonyl (C=O) groups is 2. The first-order valence-electron chi connectivity index (χ1n) is 5.23. The molecule has 0 saturated carbocycles. The lowest BCUT2D eigenvalue weighted by Gasteiger charge is -2.03. The molecule has 8 nitrogen and oxygen atoms in total. The third kappa shape index (κ3) is 14.8. The van der Waals surface area contributed by atoms with Crippen molar-refractivity contribution in [3.63, 3.8) is 0 Å². The third-order valence-electron chi connectivity index (χ3n) is 1.72. The number of esters is 2. The summed E-state index contributed by atoms with van der Waals surface area (Å²) >= 11 is 0. The van der Waals surface area contributed by atoms with Crippen LogP contribution in [0.1, 0.15) is 25.7 Å². The van der Waals surface area contributed by atoms with Crippen LogP contribution in [-0.2, 0) is 19.1 Å². The lowest BCUT2D eigenvalue weighted by molar-refractivity contribution is -0.146. The standard InChI is InChI=1S/C10H18O6.2H3N/c11-5-7-15-9(13)3-1-2-4-10(14)16-8-6-12;;/h11-12H,1-8H2;2*1H3. The van der Waals surface area contributed by atoms with E-state index in [9.17, 15) is 9.59 Å². The minimum Gasteiger partial charge on any atom is -0.463 e. The quantitative estimate of drug-likeness (QED) is 0.333. The Morgan fingerprint density at radius 2 is 1.11 bits per heavy atom. The molecule has 0 aliphatic rings. The second-order valence-electron chi connectivity index (χ2n) is 3.10. The van der Waals surface area contributed by atoms with E-state index < -0.39 is 0 Å². The Bertz CT molecular complexity index is 191. The summed E-state index contributed by atoms with van der Waals surface area (Å²) in [5, 5.41) is 16.8. The van der Waals surface area contributed by atoms with E-state index in [2.05, 4.69) is 9.47 Å². The van der Waals surface area contributed by atoms with Crippen LogP contribution in [0.2, 0.25) is 0 Å². The van der Waals surface area contributed by atoms with E-state index in [-0.39, 0.29) is 63.5 Å². The van der Waals surface area contributed by atoms with E-state index in [1.165, 1.54) is 0 Å². The molecule has 0 saturated heterocycles. The molecule has 0 spiro atoms. The van der Waals surface area contributed by atoms with Crippen molar-refractivity contribution in [1.82, 2.24) is 12.3 Å². The van der Waals surface area contributed by atoms with Crippen molar-refractivity contribution in [2.75, 3.05) is 26.4 Å². The number of ether oxygens (including phenoxy) is 2. The summed E-state index contributed by atoms with van der Waals surface area (Å²) in [4.78, 5) is 21.9. The van der Waals surface area contributed by atoms with Crippen LogP contribution in [-0.4, -0.2) is 48.6 Å². The number of carbonyl (C=O) groups excluding carboxylic acids is 2. The molecule has 0 bridgehead atoms. The minimum absolute atomic E-state index is 0. The summed E-state index contributed by atoms with van der Waals surface area (Å²) in [5.74, 6) is -0.754. The number of hydrogen-bond acceptors (Lipinski definition) is 8. The molecule has 0 unspecified atom stereocenters. The van der Waals surface area contributed by atoms with Gasteiger partial charge in [0.1, 0.15) is 13.2 Å². The number of hydrogen-bond donors (Lipinski definition) is 4. The van der Waals surface area contributed by atoms with Crippen molar-refractivity contribution in [3.8, 4) is 0 Å². The van der Waals surface area contributed by atoms with Gasteiger partial charge in [0.25, 0.3) is 0 Å². The summed E-state index contributed by atoms with van der Waals surface area (Å²) in [5.41, 5.74) is 0. The molecule has 8 heteroatoms. The topological polar surface area (TPSA) is 163 Å². The molecule has 0 atom stereocenters. The normalized spacial score (nSPS) is 8.78. The van der Waals surface area contributed by atoms with Crippen LogP contribution in [0.4, 0.5) is 0 Å². The van der Waals surface area contributed by atoms with Gasteiger partial charge in [0.2, 0.25) is 0 Å². The first kappa shape index (κ1) is 22.0. The minimum atomic E-state index is -0.377. The Kier molecular flexibility index (Phi) is 19.3. The van der Waals surface area contributed by atoms with Gasteiger partial charge in [-0.3, -0.25) is 9.59 Å². The van der Waals surface area contributed by atoms with E-state index in [1.54, 1.807) is 0 Å². The zero-order valence-corrected chi connectivity index (χ0v) is 10.6. The van der Waals surface area contributed by atoms with Gasteiger partial charge in [-0.15, -0.1) is 0 Å². The molecule has 0 heterocycles. The summed E-state index contributed by atoms with van der Waals surface area (Å²) in [7, 11) is 0. The van der Waals surface area contributed by atoms with Gasteiger partial charge in [0, 0.05) is 12.8 Å². The Morgan fingerprint density at radius 1 is 0.778 bits per heavy atom. The van der Waals surface area contributed by atoms with Gasteiger partial charge >= 0.3 is 11.9 Å². The Balaban J connectivity index is -0.00000112. The maximum absolute atomic E-state index is 10.9. The zero-order chi connectivity index (χ0) is 12.2. The van der Waals surface area contributed by atoms with Crippen molar-refractivity contribution < 1.29 is 29.3 Å². The van der Waals surface area contributed by atoms with Crippen LogP contribution < -0.4 is 12.3 Å². The third-order valence-corrected chi connectivity index (χ3v) is 1.72. The van der Waals surface area contributed by atoms with Gasteiger partial charge in [-0.25, -0.2) is 0 Å². The van der Waals surface area contributed by atoms with Crippen LogP contribution in [0, 0.1) is 0 Å². The smallest absolute Gasteiger partial charge is 0.305 e. The molecule has 0 amide bonds. The SMILES string of the molecule is N.N.O=C(CCCCC(=O)OCCO)OCCO. The van der Waals surface area contributed by atoms with Crippen molar-refractivity contribution in [2.24, 2.45) is 0 Å². The van der Waals surface area contributed by atoms with Crippen molar-refractivity contribution in [2.45, 2.75) is 25.7 Å². The first-order chi connectivity index (χ1) is 7.70. The van der Waals surface area contributed by atoms with Crippen LogP contribution >= 0.6 is 0 Å². The zero-order valence-electron chi connectivity index (χ0n) is 10.6. The molecule has 0 radical (unpaired) electrons. The number of rotatable bonds is 9.